The van der Waals surface area contributed by atoms with Crippen LogP contribution < -0.4 is 10.6 Å². The summed E-state index contributed by atoms with van der Waals surface area (Å²) in [5.41, 5.74) is 2.02. The van der Waals surface area contributed by atoms with Gasteiger partial charge in [0.2, 0.25) is 5.95 Å². The van der Waals surface area contributed by atoms with Crippen LogP contribution in [-0.4, -0.2) is 27.1 Å². The van der Waals surface area contributed by atoms with E-state index < -0.39 is 12.0 Å². The molecule has 2 rings (SSSR count). The molecule has 6 heteroatoms. The first-order chi connectivity index (χ1) is 11.7. The molecule has 1 atom stereocenters. The van der Waals surface area contributed by atoms with Gasteiger partial charge in [0.1, 0.15) is 6.04 Å². The minimum absolute atomic E-state index is 0.444. The SMILES string of the molecule is CCCC[C@@H](NCc1cnc(NCc2ccccc2)nc1)C(=O)O. The highest BCUT2D eigenvalue weighted by Gasteiger charge is 2.15. The third-order valence-electron chi connectivity index (χ3n) is 3.70. The third-order valence-corrected chi connectivity index (χ3v) is 3.70. The van der Waals surface area contributed by atoms with Gasteiger partial charge in [-0.1, -0.05) is 50.1 Å². The molecule has 2 aromatic rings. The van der Waals surface area contributed by atoms with Crippen LogP contribution in [0.5, 0.6) is 0 Å². The predicted octanol–water partition coefficient (Wildman–Crippen LogP) is 2.82. The van der Waals surface area contributed by atoms with Gasteiger partial charge >= 0.3 is 5.97 Å². The number of carboxylic acid groups (broad SMARTS) is 1. The molecule has 1 aromatic carbocycles. The van der Waals surface area contributed by atoms with Gasteiger partial charge in [-0.3, -0.25) is 4.79 Å². The molecule has 0 aliphatic rings. The van der Waals surface area contributed by atoms with Crippen molar-refractivity contribution in [3.8, 4) is 0 Å². The molecule has 1 aromatic heterocycles. The molecule has 0 fully saturated rings. The molecule has 0 saturated carbocycles. The van der Waals surface area contributed by atoms with E-state index >= 15 is 0 Å². The number of hydrogen-bond donors (Lipinski definition) is 3. The van der Waals surface area contributed by atoms with E-state index in [9.17, 15) is 9.90 Å². The Labute approximate surface area is 142 Å². The van der Waals surface area contributed by atoms with E-state index in [0.717, 1.165) is 24.0 Å². The maximum Gasteiger partial charge on any atom is 0.320 e. The summed E-state index contributed by atoms with van der Waals surface area (Å²) in [4.78, 5) is 19.7. The van der Waals surface area contributed by atoms with Crippen molar-refractivity contribution in [3.63, 3.8) is 0 Å². The quantitative estimate of drug-likeness (QED) is 0.622. The first-order valence-electron chi connectivity index (χ1n) is 8.24. The summed E-state index contributed by atoms with van der Waals surface area (Å²) in [5.74, 6) is -0.256. The molecule has 6 nitrogen and oxygen atoms in total. The number of aromatic nitrogens is 2. The summed E-state index contributed by atoms with van der Waals surface area (Å²) in [7, 11) is 0. The highest BCUT2D eigenvalue weighted by atomic mass is 16.4. The third kappa shape index (κ3) is 5.96. The Hall–Kier alpha value is -2.47. The molecular weight excluding hydrogens is 304 g/mol. The van der Waals surface area contributed by atoms with Crippen molar-refractivity contribution in [2.24, 2.45) is 0 Å². The zero-order valence-electron chi connectivity index (χ0n) is 13.9. The Kier molecular flexibility index (Phi) is 7.17. The van der Waals surface area contributed by atoms with Gasteiger partial charge in [0, 0.05) is 31.0 Å². The topological polar surface area (TPSA) is 87.1 Å². The van der Waals surface area contributed by atoms with Gasteiger partial charge in [0.05, 0.1) is 0 Å². The summed E-state index contributed by atoms with van der Waals surface area (Å²) < 4.78 is 0. The Balaban J connectivity index is 1.81. The molecular formula is C18H24N4O2. The second kappa shape index (κ2) is 9.62. The van der Waals surface area contributed by atoms with E-state index in [0.29, 0.717) is 25.5 Å². The molecule has 0 spiro atoms. The van der Waals surface area contributed by atoms with Crippen LogP contribution in [-0.2, 0) is 17.9 Å². The van der Waals surface area contributed by atoms with E-state index in [-0.39, 0.29) is 0 Å². The van der Waals surface area contributed by atoms with Crippen molar-refractivity contribution in [2.45, 2.75) is 45.3 Å². The fourth-order valence-corrected chi connectivity index (χ4v) is 2.28. The second-order valence-corrected chi connectivity index (χ2v) is 5.67. The number of unbranched alkanes of at least 4 members (excludes halogenated alkanes) is 1. The lowest BCUT2D eigenvalue weighted by Crippen LogP contribution is -2.36. The first-order valence-corrected chi connectivity index (χ1v) is 8.24. The maximum absolute atomic E-state index is 11.2. The second-order valence-electron chi connectivity index (χ2n) is 5.67. The van der Waals surface area contributed by atoms with Crippen LogP contribution in [0.1, 0.15) is 37.3 Å². The number of carboxylic acids is 1. The molecule has 0 saturated heterocycles. The number of carbonyl (C=O) groups is 1. The smallest absolute Gasteiger partial charge is 0.320 e. The largest absolute Gasteiger partial charge is 0.480 e. The number of rotatable bonds is 10. The number of nitrogens with one attached hydrogen (secondary N) is 2. The van der Waals surface area contributed by atoms with Gasteiger partial charge in [0.15, 0.2) is 0 Å². The van der Waals surface area contributed by atoms with Gasteiger partial charge < -0.3 is 15.7 Å². The average molecular weight is 328 g/mol. The van der Waals surface area contributed by atoms with E-state index in [4.69, 9.17) is 0 Å². The molecule has 24 heavy (non-hydrogen) atoms. The van der Waals surface area contributed by atoms with E-state index in [1.54, 1.807) is 12.4 Å². The van der Waals surface area contributed by atoms with Gasteiger partial charge in [-0.15, -0.1) is 0 Å². The molecule has 128 valence electrons. The Morgan fingerprint density at radius 3 is 2.46 bits per heavy atom. The van der Waals surface area contributed by atoms with Crippen LogP contribution in [0.3, 0.4) is 0 Å². The summed E-state index contributed by atoms with van der Waals surface area (Å²) >= 11 is 0. The molecule has 3 N–H and O–H groups in total. The predicted molar refractivity (Wildman–Crippen MR) is 93.6 cm³/mol. The fourth-order valence-electron chi connectivity index (χ4n) is 2.28. The highest BCUT2D eigenvalue weighted by Crippen LogP contribution is 2.06. The number of anilines is 1. The number of aliphatic carboxylic acids is 1. The highest BCUT2D eigenvalue weighted by molar-refractivity contribution is 5.73. The van der Waals surface area contributed by atoms with E-state index in [1.165, 1.54) is 0 Å². The van der Waals surface area contributed by atoms with E-state index in [2.05, 4.69) is 20.6 Å². The van der Waals surface area contributed by atoms with Crippen molar-refractivity contribution in [1.82, 2.24) is 15.3 Å². The summed E-state index contributed by atoms with van der Waals surface area (Å²) in [6.07, 6.45) is 5.93. The standard InChI is InChI=1S/C18H24N4O2/c1-2-3-9-16(17(23)24)19-11-15-12-21-18(22-13-15)20-10-14-7-5-4-6-8-14/h4-8,12-13,16,19H,2-3,9-11H2,1H3,(H,23,24)(H,20,21,22)/t16-/m1/s1. The molecule has 0 aliphatic heterocycles. The van der Waals surface area contributed by atoms with Crippen molar-refractivity contribution >= 4 is 11.9 Å². The molecule has 0 aliphatic carbocycles. The summed E-state index contributed by atoms with van der Waals surface area (Å²) in [6, 6.07) is 9.50. The molecule has 0 radical (unpaired) electrons. The Bertz CT molecular complexity index is 617. The molecule has 0 unspecified atom stereocenters. The van der Waals surface area contributed by atoms with Crippen molar-refractivity contribution < 1.29 is 9.90 Å². The molecule has 1 heterocycles. The minimum atomic E-state index is -0.814. The normalized spacial score (nSPS) is 11.9. The first kappa shape index (κ1) is 17.9. The number of nitrogens with zero attached hydrogens (tertiary/aromatic N) is 2. The lowest BCUT2D eigenvalue weighted by Gasteiger charge is -2.13. The zero-order chi connectivity index (χ0) is 17.2. The van der Waals surface area contributed by atoms with Gasteiger partial charge in [-0.2, -0.15) is 0 Å². The van der Waals surface area contributed by atoms with Gasteiger partial charge in [-0.25, -0.2) is 9.97 Å². The monoisotopic (exact) mass is 328 g/mol. The van der Waals surface area contributed by atoms with Crippen LogP contribution in [0, 0.1) is 0 Å². The fraction of sp³-hybridized carbons (Fsp3) is 0.389. The maximum atomic E-state index is 11.2. The summed E-state index contributed by atoms with van der Waals surface area (Å²) in [5, 5.41) is 15.4. The van der Waals surface area contributed by atoms with Gasteiger partial charge in [-0.05, 0) is 12.0 Å². The average Bonchev–Trinajstić information content (AvgIpc) is 2.61. The minimum Gasteiger partial charge on any atom is -0.480 e. The summed E-state index contributed by atoms with van der Waals surface area (Å²) in [6.45, 7) is 3.16. The van der Waals surface area contributed by atoms with Crippen molar-refractivity contribution in [3.05, 3.63) is 53.9 Å². The van der Waals surface area contributed by atoms with E-state index in [1.807, 2.05) is 37.3 Å². The number of benzene rings is 1. The van der Waals surface area contributed by atoms with Crippen LogP contribution in [0.4, 0.5) is 5.95 Å². The van der Waals surface area contributed by atoms with Crippen LogP contribution in [0.15, 0.2) is 42.7 Å². The lowest BCUT2D eigenvalue weighted by atomic mass is 10.1. The zero-order valence-corrected chi connectivity index (χ0v) is 13.9. The number of hydrogen-bond acceptors (Lipinski definition) is 5. The van der Waals surface area contributed by atoms with Crippen molar-refractivity contribution in [1.29, 1.82) is 0 Å². The van der Waals surface area contributed by atoms with Gasteiger partial charge in [0.25, 0.3) is 0 Å². The van der Waals surface area contributed by atoms with Crippen LogP contribution in [0.2, 0.25) is 0 Å². The molecule has 0 amide bonds. The van der Waals surface area contributed by atoms with Crippen molar-refractivity contribution in [2.75, 3.05) is 5.32 Å². The molecule has 0 bridgehead atoms. The lowest BCUT2D eigenvalue weighted by molar-refractivity contribution is -0.139. The Morgan fingerprint density at radius 1 is 1.12 bits per heavy atom. The van der Waals surface area contributed by atoms with Crippen LogP contribution in [0.25, 0.3) is 0 Å². The Morgan fingerprint density at radius 2 is 1.83 bits per heavy atom. The van der Waals surface area contributed by atoms with Crippen LogP contribution >= 0.6 is 0 Å².